The topological polar surface area (TPSA) is 69.7 Å². The van der Waals surface area contributed by atoms with E-state index >= 15 is 0 Å². The highest BCUT2D eigenvalue weighted by molar-refractivity contribution is 7.92. The highest BCUT2D eigenvalue weighted by atomic mass is 32.2. The van der Waals surface area contributed by atoms with Crippen molar-refractivity contribution in [3.63, 3.8) is 0 Å². The van der Waals surface area contributed by atoms with Crippen LogP contribution in [-0.2, 0) is 27.5 Å². The zero-order valence-electron chi connectivity index (χ0n) is 20.0. The molecule has 0 aliphatic carbocycles. The molecule has 0 radical (unpaired) electrons. The van der Waals surface area contributed by atoms with Crippen molar-refractivity contribution < 1.29 is 26.4 Å². The lowest BCUT2D eigenvalue weighted by molar-refractivity contribution is -0.137. The van der Waals surface area contributed by atoms with Gasteiger partial charge in [0, 0.05) is 25.3 Å². The first kappa shape index (κ1) is 27.1. The Balaban J connectivity index is 1.83. The number of hydrogen-bond acceptors (Lipinski definition) is 4. The third-order valence-electron chi connectivity index (χ3n) is 5.63. The predicted molar refractivity (Wildman–Crippen MR) is 134 cm³/mol. The van der Waals surface area contributed by atoms with Gasteiger partial charge in [-0.15, -0.1) is 0 Å². The molecule has 6 nitrogen and oxygen atoms in total. The summed E-state index contributed by atoms with van der Waals surface area (Å²) in [5.74, 6) is -0.653. The van der Waals surface area contributed by atoms with Crippen molar-refractivity contribution in [2.75, 3.05) is 28.8 Å². The normalized spacial score (nSPS) is 11.7. The van der Waals surface area contributed by atoms with E-state index in [2.05, 4.69) is 24.1 Å². The van der Waals surface area contributed by atoms with Crippen molar-refractivity contribution in [1.82, 2.24) is 5.32 Å². The maximum atomic E-state index is 13.3. The summed E-state index contributed by atoms with van der Waals surface area (Å²) in [7, 11) is -4.32. The second kappa shape index (κ2) is 11.5. The third kappa shape index (κ3) is 6.57. The molecular weight excluding hydrogens is 491 g/mol. The minimum Gasteiger partial charge on any atom is -0.372 e. The van der Waals surface area contributed by atoms with E-state index in [1.54, 1.807) is 6.07 Å². The molecule has 192 valence electrons. The number of alkyl halides is 3. The molecule has 0 bridgehead atoms. The van der Waals surface area contributed by atoms with Crippen LogP contribution in [0.4, 0.5) is 24.5 Å². The highest BCUT2D eigenvalue weighted by Gasteiger charge is 2.33. The molecule has 10 heteroatoms. The van der Waals surface area contributed by atoms with Crippen LogP contribution >= 0.6 is 0 Å². The molecule has 0 aromatic heterocycles. The Morgan fingerprint density at radius 1 is 0.861 bits per heavy atom. The van der Waals surface area contributed by atoms with Gasteiger partial charge >= 0.3 is 6.18 Å². The Bertz CT molecular complexity index is 1260. The number of sulfonamides is 1. The van der Waals surface area contributed by atoms with Crippen LogP contribution < -0.4 is 14.5 Å². The van der Waals surface area contributed by atoms with E-state index in [1.165, 1.54) is 30.3 Å². The predicted octanol–water partition coefficient (Wildman–Crippen LogP) is 5.06. The van der Waals surface area contributed by atoms with Gasteiger partial charge in [-0.1, -0.05) is 36.4 Å². The second-order valence-corrected chi connectivity index (χ2v) is 9.85. The molecule has 36 heavy (non-hydrogen) atoms. The Morgan fingerprint density at radius 3 is 2.08 bits per heavy atom. The quantitative estimate of drug-likeness (QED) is 0.407. The van der Waals surface area contributed by atoms with Crippen molar-refractivity contribution >= 4 is 27.3 Å². The van der Waals surface area contributed by atoms with E-state index in [0.29, 0.717) is 4.31 Å². The summed E-state index contributed by atoms with van der Waals surface area (Å²) in [6.07, 6.45) is -4.67. The first-order valence-corrected chi connectivity index (χ1v) is 12.9. The Hall–Kier alpha value is -3.53. The number of anilines is 2. The molecule has 0 fully saturated rings. The molecule has 0 spiro atoms. The molecule has 0 aliphatic rings. The van der Waals surface area contributed by atoms with Crippen LogP contribution in [0.15, 0.2) is 83.8 Å². The molecule has 0 aliphatic heterocycles. The van der Waals surface area contributed by atoms with Crippen LogP contribution in [0.1, 0.15) is 25.0 Å². The molecule has 0 saturated heterocycles. The molecule has 0 unspecified atom stereocenters. The Morgan fingerprint density at radius 2 is 1.50 bits per heavy atom. The largest absolute Gasteiger partial charge is 0.416 e. The van der Waals surface area contributed by atoms with Crippen LogP contribution in [-0.4, -0.2) is 34.0 Å². The number of benzene rings is 3. The standard InChI is InChI=1S/C26H28F3N3O3S/c1-3-31(4-2)22-15-13-20(14-16-22)18-30-25(33)19-32(36(34,35)24-11-6-5-7-12-24)23-10-8-9-21(17-23)26(27,28)29/h5-17H,3-4,18-19H2,1-2H3,(H,30,33). The lowest BCUT2D eigenvalue weighted by atomic mass is 10.2. The molecule has 0 heterocycles. The van der Waals surface area contributed by atoms with Gasteiger partial charge < -0.3 is 10.2 Å². The molecule has 0 atom stereocenters. The molecule has 1 amide bonds. The van der Waals surface area contributed by atoms with Gasteiger partial charge in [-0.05, 0) is 61.9 Å². The van der Waals surface area contributed by atoms with Crippen LogP contribution in [0.25, 0.3) is 0 Å². The van der Waals surface area contributed by atoms with Crippen LogP contribution in [0, 0.1) is 0 Å². The summed E-state index contributed by atoms with van der Waals surface area (Å²) in [4.78, 5) is 14.8. The average molecular weight is 520 g/mol. The number of amides is 1. The summed E-state index contributed by atoms with van der Waals surface area (Å²) >= 11 is 0. The minimum absolute atomic E-state index is 0.137. The summed E-state index contributed by atoms with van der Waals surface area (Å²) in [6.45, 7) is 5.27. The molecule has 3 rings (SSSR count). The van der Waals surface area contributed by atoms with E-state index in [1.807, 2.05) is 24.3 Å². The van der Waals surface area contributed by atoms with Gasteiger partial charge in [0.2, 0.25) is 5.91 Å². The SMILES string of the molecule is CCN(CC)c1ccc(CNC(=O)CN(c2cccc(C(F)(F)F)c2)S(=O)(=O)c2ccccc2)cc1. The first-order chi connectivity index (χ1) is 17.1. The molecule has 1 N–H and O–H groups in total. The fourth-order valence-electron chi connectivity index (χ4n) is 3.67. The zero-order chi connectivity index (χ0) is 26.3. The number of carbonyl (C=O) groups excluding carboxylic acids is 1. The maximum Gasteiger partial charge on any atom is 0.416 e. The molecule has 0 saturated carbocycles. The van der Waals surface area contributed by atoms with Crippen molar-refractivity contribution in [2.24, 2.45) is 0 Å². The van der Waals surface area contributed by atoms with E-state index in [-0.39, 0.29) is 17.1 Å². The third-order valence-corrected chi connectivity index (χ3v) is 7.42. The van der Waals surface area contributed by atoms with Crippen LogP contribution in [0.3, 0.4) is 0 Å². The van der Waals surface area contributed by atoms with E-state index in [0.717, 1.165) is 42.5 Å². The monoisotopic (exact) mass is 519 g/mol. The van der Waals surface area contributed by atoms with Crippen LogP contribution in [0.2, 0.25) is 0 Å². The van der Waals surface area contributed by atoms with Gasteiger partial charge in [-0.3, -0.25) is 9.10 Å². The smallest absolute Gasteiger partial charge is 0.372 e. The minimum atomic E-state index is -4.67. The number of halogens is 3. The summed E-state index contributed by atoms with van der Waals surface area (Å²) < 4.78 is 67.2. The number of nitrogens with one attached hydrogen (secondary N) is 1. The Labute approximate surface area is 209 Å². The maximum absolute atomic E-state index is 13.3. The number of nitrogens with zero attached hydrogens (tertiary/aromatic N) is 2. The molecule has 3 aromatic carbocycles. The fraction of sp³-hybridized carbons (Fsp3) is 0.269. The van der Waals surface area contributed by atoms with E-state index in [4.69, 9.17) is 0 Å². The van der Waals surface area contributed by atoms with Gasteiger partial charge in [0.15, 0.2) is 0 Å². The lowest BCUT2D eigenvalue weighted by Crippen LogP contribution is -2.40. The molecular formula is C26H28F3N3O3S. The molecule has 3 aromatic rings. The number of rotatable bonds is 10. The second-order valence-electron chi connectivity index (χ2n) is 7.99. The fourth-order valence-corrected chi connectivity index (χ4v) is 5.11. The highest BCUT2D eigenvalue weighted by Crippen LogP contribution is 2.33. The lowest BCUT2D eigenvalue weighted by Gasteiger charge is -2.25. The number of hydrogen-bond donors (Lipinski definition) is 1. The summed E-state index contributed by atoms with van der Waals surface area (Å²) in [6, 6.07) is 18.8. The first-order valence-electron chi connectivity index (χ1n) is 11.4. The van der Waals surface area contributed by atoms with E-state index in [9.17, 15) is 26.4 Å². The van der Waals surface area contributed by atoms with Gasteiger partial charge in [-0.25, -0.2) is 8.42 Å². The summed E-state index contributed by atoms with van der Waals surface area (Å²) in [5.41, 5.74) is 0.574. The van der Waals surface area contributed by atoms with Gasteiger partial charge in [0.05, 0.1) is 16.1 Å². The van der Waals surface area contributed by atoms with Crippen LogP contribution in [0.5, 0.6) is 0 Å². The zero-order valence-corrected chi connectivity index (χ0v) is 20.8. The number of carbonyl (C=O) groups is 1. The summed E-state index contributed by atoms with van der Waals surface area (Å²) in [5, 5.41) is 2.66. The van der Waals surface area contributed by atoms with Gasteiger partial charge in [-0.2, -0.15) is 13.2 Å². The van der Waals surface area contributed by atoms with Crippen molar-refractivity contribution in [2.45, 2.75) is 31.5 Å². The van der Waals surface area contributed by atoms with Crippen molar-refractivity contribution in [3.8, 4) is 0 Å². The van der Waals surface area contributed by atoms with Crippen molar-refractivity contribution in [1.29, 1.82) is 0 Å². The Kier molecular flexibility index (Phi) is 8.62. The average Bonchev–Trinajstić information content (AvgIpc) is 2.87. The van der Waals surface area contributed by atoms with E-state index < -0.39 is 34.2 Å². The van der Waals surface area contributed by atoms with Gasteiger partial charge in [0.1, 0.15) is 6.54 Å². The van der Waals surface area contributed by atoms with Gasteiger partial charge in [0.25, 0.3) is 10.0 Å². The van der Waals surface area contributed by atoms with Crippen molar-refractivity contribution in [3.05, 3.63) is 90.0 Å².